The lowest BCUT2D eigenvalue weighted by molar-refractivity contribution is -0.119. The smallest absolute Gasteiger partial charge is 0.405 e. The Hall–Kier alpha value is -3.78. The van der Waals surface area contributed by atoms with Crippen LogP contribution in [0.2, 0.25) is 0 Å². The van der Waals surface area contributed by atoms with Gasteiger partial charge in [0, 0.05) is 43.8 Å². The van der Waals surface area contributed by atoms with E-state index < -0.39 is 30.0 Å². The lowest BCUT2D eigenvalue weighted by Crippen LogP contribution is -2.30. The monoisotopic (exact) mass is 588 g/mol. The minimum atomic E-state index is -0.908. The Morgan fingerprint density at radius 2 is 1.79 bits per heavy atom. The molecule has 5 N–H and O–H groups in total. The maximum Gasteiger partial charge on any atom is 0.405 e. The van der Waals surface area contributed by atoms with Gasteiger partial charge in [0.15, 0.2) is 5.78 Å². The van der Waals surface area contributed by atoms with Crippen LogP contribution in [0.3, 0.4) is 0 Å². The zero-order valence-corrected chi connectivity index (χ0v) is 25.9. The maximum atomic E-state index is 13.4. The molecule has 0 aromatic heterocycles. The third kappa shape index (κ3) is 16.5. The highest BCUT2D eigenvalue weighted by Gasteiger charge is 2.22. The maximum absolute atomic E-state index is 13.4. The Morgan fingerprint density at radius 1 is 1.17 bits per heavy atom. The van der Waals surface area contributed by atoms with Crippen LogP contribution < -0.4 is 11.1 Å². The fourth-order valence-corrected chi connectivity index (χ4v) is 3.99. The SMILES string of the molecule is C#C.CO.COCC=C1C[C@H](C)CCC(O)C(C)/C=C(\C)[C@H](OC(N)=O)C/C=C/C=C(\C)C(=O)N/C(=C/C(C)=O)C1=O. The van der Waals surface area contributed by atoms with Gasteiger partial charge in [-0.05, 0) is 51.5 Å². The molecular formula is C32H48N2O8. The molecule has 234 valence electrons. The number of nitrogens with one attached hydrogen (secondary N) is 1. The average molecular weight is 589 g/mol. The number of amides is 2. The molecule has 10 nitrogen and oxygen atoms in total. The molecule has 0 bridgehead atoms. The predicted molar refractivity (Wildman–Crippen MR) is 164 cm³/mol. The number of aliphatic hydroxyl groups is 2. The molecule has 4 atom stereocenters. The number of primary amides is 1. The normalized spacial score (nSPS) is 27.9. The van der Waals surface area contributed by atoms with Gasteiger partial charge in [0.1, 0.15) is 6.10 Å². The second kappa shape index (κ2) is 22.9. The fourth-order valence-electron chi connectivity index (χ4n) is 3.99. The first-order valence-electron chi connectivity index (χ1n) is 13.6. The summed E-state index contributed by atoms with van der Waals surface area (Å²) in [5.74, 6) is -1.58. The van der Waals surface area contributed by atoms with E-state index in [0.717, 1.165) is 18.8 Å². The quantitative estimate of drug-likeness (QED) is 0.219. The number of hydrogen-bond acceptors (Lipinski definition) is 8. The van der Waals surface area contributed by atoms with Crippen LogP contribution in [0.5, 0.6) is 0 Å². The number of nitrogens with two attached hydrogens (primary N) is 1. The van der Waals surface area contributed by atoms with Crippen LogP contribution >= 0.6 is 0 Å². The first-order chi connectivity index (χ1) is 19.8. The zero-order valence-electron chi connectivity index (χ0n) is 25.9. The summed E-state index contributed by atoms with van der Waals surface area (Å²) in [6.07, 6.45) is 17.1. The van der Waals surface area contributed by atoms with Crippen molar-refractivity contribution >= 4 is 23.6 Å². The van der Waals surface area contributed by atoms with Crippen LogP contribution in [0, 0.1) is 24.7 Å². The molecule has 1 aliphatic rings. The number of ketones is 2. The Balaban J connectivity index is 0. The highest BCUT2D eigenvalue weighted by atomic mass is 16.6. The van der Waals surface area contributed by atoms with Crippen LogP contribution in [0.25, 0.3) is 0 Å². The summed E-state index contributed by atoms with van der Waals surface area (Å²) in [7, 11) is 2.51. The van der Waals surface area contributed by atoms with Crippen molar-refractivity contribution in [1.82, 2.24) is 5.32 Å². The number of carbonyl (C=O) groups excluding carboxylic acids is 4. The van der Waals surface area contributed by atoms with E-state index in [9.17, 15) is 24.3 Å². The van der Waals surface area contributed by atoms with Crippen molar-refractivity contribution in [2.24, 2.45) is 17.6 Å². The van der Waals surface area contributed by atoms with Crippen molar-refractivity contribution in [3.63, 3.8) is 0 Å². The summed E-state index contributed by atoms with van der Waals surface area (Å²) in [6.45, 7) is 8.73. The highest BCUT2D eigenvalue weighted by Crippen LogP contribution is 2.24. The Labute approximate surface area is 250 Å². The summed E-state index contributed by atoms with van der Waals surface area (Å²) in [5.41, 5.74) is 6.60. The van der Waals surface area contributed by atoms with E-state index in [1.54, 1.807) is 31.2 Å². The Kier molecular flexibility index (Phi) is 22.0. The van der Waals surface area contributed by atoms with E-state index in [2.05, 4.69) is 18.2 Å². The molecule has 0 saturated heterocycles. The van der Waals surface area contributed by atoms with E-state index in [1.165, 1.54) is 14.0 Å². The molecule has 2 unspecified atom stereocenters. The topological polar surface area (TPSA) is 165 Å². The number of allylic oxidation sites excluding steroid dienone is 4. The van der Waals surface area contributed by atoms with Crippen LogP contribution in [0.1, 0.15) is 60.3 Å². The van der Waals surface area contributed by atoms with Crippen molar-refractivity contribution in [1.29, 1.82) is 0 Å². The third-order valence-electron chi connectivity index (χ3n) is 6.24. The van der Waals surface area contributed by atoms with E-state index in [1.807, 2.05) is 26.8 Å². The molecule has 1 rings (SSSR count). The molecule has 0 aromatic rings. The van der Waals surface area contributed by atoms with Crippen LogP contribution in [0.4, 0.5) is 4.79 Å². The van der Waals surface area contributed by atoms with Gasteiger partial charge < -0.3 is 30.7 Å². The summed E-state index contributed by atoms with van der Waals surface area (Å²) in [4.78, 5) is 49.5. The van der Waals surface area contributed by atoms with Gasteiger partial charge in [0.2, 0.25) is 5.78 Å². The zero-order chi connectivity index (χ0) is 32.8. The van der Waals surface area contributed by atoms with Gasteiger partial charge in [-0.25, -0.2) is 4.79 Å². The molecule has 1 heterocycles. The molecular weight excluding hydrogens is 540 g/mol. The van der Waals surface area contributed by atoms with Gasteiger partial charge in [-0.2, -0.15) is 0 Å². The van der Waals surface area contributed by atoms with Gasteiger partial charge in [-0.1, -0.05) is 44.2 Å². The number of rotatable bonds is 4. The van der Waals surface area contributed by atoms with E-state index in [0.29, 0.717) is 36.8 Å². The molecule has 10 heteroatoms. The number of Topliss-reactive ketones (excluding diaryl/α,β-unsaturated/α-hetero) is 1. The number of hydrogen-bond donors (Lipinski definition) is 4. The molecule has 1 aliphatic heterocycles. The third-order valence-corrected chi connectivity index (χ3v) is 6.24. The summed E-state index contributed by atoms with van der Waals surface area (Å²) >= 11 is 0. The van der Waals surface area contributed by atoms with Crippen molar-refractivity contribution in [3.8, 4) is 12.8 Å². The second-order valence-corrected chi connectivity index (χ2v) is 9.80. The molecule has 0 spiro atoms. The molecule has 42 heavy (non-hydrogen) atoms. The van der Waals surface area contributed by atoms with Crippen molar-refractivity contribution in [2.45, 2.75) is 72.5 Å². The molecule has 2 amide bonds. The molecule has 0 aromatic carbocycles. The lowest BCUT2D eigenvalue weighted by Gasteiger charge is -2.22. The average Bonchev–Trinajstić information content (AvgIpc) is 2.95. The number of terminal acetylenes is 1. The number of aliphatic hydroxyl groups excluding tert-OH is 2. The standard InChI is InChI=1S/C29H42N2O7.C2H2.CH4O/c1-18-11-12-25(33)20(3)16-21(4)26(38-29(30)36)10-8-7-9-19(2)28(35)31-24(17-22(5)32)27(34)23(15-18)13-14-37-6;2*1-2/h7-9,13,16-18,20,25-26,33H,10-12,14-15H2,1-6H3,(H2,30,36)(H,31,35);1-2H;2H,1H3/b8-7+,19-9+,21-16+,23-13?,24-17+;;/t18-,20?,25?,26-;;/m1../s1. The number of ether oxygens (including phenoxy) is 2. The van der Waals surface area contributed by atoms with E-state index in [-0.39, 0.29) is 29.9 Å². The van der Waals surface area contributed by atoms with E-state index >= 15 is 0 Å². The number of carbonyl (C=O) groups is 4. The van der Waals surface area contributed by atoms with Gasteiger partial charge >= 0.3 is 6.09 Å². The Bertz CT molecular complexity index is 1070. The number of methoxy groups -OCH3 is 1. The minimum absolute atomic E-state index is 0.0159. The summed E-state index contributed by atoms with van der Waals surface area (Å²) in [5, 5.41) is 20.3. The van der Waals surface area contributed by atoms with Crippen molar-refractivity contribution < 1.29 is 38.9 Å². The van der Waals surface area contributed by atoms with Crippen LogP contribution in [-0.4, -0.2) is 66.8 Å². The van der Waals surface area contributed by atoms with Crippen molar-refractivity contribution in [3.05, 3.63) is 58.9 Å². The van der Waals surface area contributed by atoms with E-state index in [4.69, 9.17) is 20.3 Å². The predicted octanol–water partition coefficient (Wildman–Crippen LogP) is 3.70. The van der Waals surface area contributed by atoms with Crippen molar-refractivity contribution in [2.75, 3.05) is 20.8 Å². The van der Waals surface area contributed by atoms with Gasteiger partial charge in [0.05, 0.1) is 18.4 Å². The largest absolute Gasteiger partial charge is 0.442 e. The highest BCUT2D eigenvalue weighted by molar-refractivity contribution is 6.14. The molecule has 0 radical (unpaired) electrons. The molecule has 0 fully saturated rings. The van der Waals surface area contributed by atoms with Crippen LogP contribution in [-0.2, 0) is 23.9 Å². The van der Waals surface area contributed by atoms with Gasteiger partial charge in [0.25, 0.3) is 5.91 Å². The fraction of sp³-hybridized carbons (Fsp3) is 0.500. The molecule has 0 saturated carbocycles. The first kappa shape index (κ1) is 40.4. The summed E-state index contributed by atoms with van der Waals surface area (Å²) in [6, 6.07) is 0. The lowest BCUT2D eigenvalue weighted by atomic mass is 9.89. The van der Waals surface area contributed by atoms with Gasteiger partial charge in [-0.15, -0.1) is 12.8 Å². The second-order valence-electron chi connectivity index (χ2n) is 9.80. The molecule has 0 aliphatic carbocycles. The van der Waals surface area contributed by atoms with Gasteiger partial charge in [-0.3, -0.25) is 14.4 Å². The summed E-state index contributed by atoms with van der Waals surface area (Å²) < 4.78 is 10.4. The first-order valence-corrected chi connectivity index (χ1v) is 13.6. The minimum Gasteiger partial charge on any atom is -0.442 e. The Morgan fingerprint density at radius 3 is 2.33 bits per heavy atom. The van der Waals surface area contributed by atoms with Crippen LogP contribution in [0.15, 0.2) is 58.9 Å².